The lowest BCUT2D eigenvalue weighted by Gasteiger charge is -2.09. The molecule has 3 rings (SSSR count). The molecule has 0 radical (unpaired) electrons. The third-order valence-corrected chi connectivity index (χ3v) is 3.03. The number of nitrogen functional groups attached to an aromatic ring is 1. The zero-order valence-corrected chi connectivity index (χ0v) is 11.2. The Morgan fingerprint density at radius 1 is 1.20 bits per heavy atom. The Kier molecular flexibility index (Phi) is 2.90. The largest absolute Gasteiger partial charge is 0.497 e. The summed E-state index contributed by atoms with van der Waals surface area (Å²) in [7, 11) is 3.51. The number of aryl methyl sites for hydroxylation is 1. The van der Waals surface area contributed by atoms with E-state index < -0.39 is 0 Å². The summed E-state index contributed by atoms with van der Waals surface area (Å²) in [6, 6.07) is 7.11. The van der Waals surface area contributed by atoms with Crippen LogP contribution in [0.4, 0.5) is 5.69 Å². The summed E-state index contributed by atoms with van der Waals surface area (Å²) in [6.45, 7) is 0. The van der Waals surface area contributed by atoms with Gasteiger partial charge in [0.2, 0.25) is 5.88 Å². The number of methoxy groups -OCH3 is 1. The van der Waals surface area contributed by atoms with Crippen LogP contribution in [0.1, 0.15) is 0 Å². The lowest BCUT2D eigenvalue weighted by molar-refractivity contribution is 0.413. The summed E-state index contributed by atoms with van der Waals surface area (Å²) < 4.78 is 12.8. The van der Waals surface area contributed by atoms with Crippen molar-refractivity contribution >= 4 is 16.7 Å². The molecule has 0 fully saturated rings. The quantitative estimate of drug-likeness (QED) is 0.739. The van der Waals surface area contributed by atoms with E-state index >= 15 is 0 Å². The Balaban J connectivity index is 2.01. The van der Waals surface area contributed by atoms with Crippen LogP contribution in [0.2, 0.25) is 0 Å². The standard InChI is InChI=1S/C14H14N4O2/c1-18-8-17-13-11(18)5-6-16-14(13)20-12-4-3-9(19-2)7-10(12)15/h3-8H,15H2,1-2H3. The monoisotopic (exact) mass is 270 g/mol. The Hall–Kier alpha value is -2.76. The molecule has 6 nitrogen and oxygen atoms in total. The number of fused-ring (bicyclic) bond motifs is 1. The van der Waals surface area contributed by atoms with E-state index in [4.69, 9.17) is 15.2 Å². The number of aromatic nitrogens is 3. The SMILES string of the molecule is COc1ccc(Oc2nccc3c2ncn3C)c(N)c1. The highest BCUT2D eigenvalue weighted by Crippen LogP contribution is 2.32. The lowest BCUT2D eigenvalue weighted by Crippen LogP contribution is -1.95. The number of hydrogen-bond donors (Lipinski definition) is 1. The summed E-state index contributed by atoms with van der Waals surface area (Å²) in [4.78, 5) is 8.50. The van der Waals surface area contributed by atoms with Gasteiger partial charge in [0.05, 0.1) is 24.6 Å². The Morgan fingerprint density at radius 2 is 2.05 bits per heavy atom. The second-order valence-electron chi connectivity index (χ2n) is 4.35. The minimum Gasteiger partial charge on any atom is -0.497 e. The lowest BCUT2D eigenvalue weighted by atomic mass is 10.3. The molecule has 0 amide bonds. The number of hydrogen-bond acceptors (Lipinski definition) is 5. The van der Waals surface area contributed by atoms with Crippen LogP contribution in [-0.2, 0) is 7.05 Å². The van der Waals surface area contributed by atoms with Crippen LogP contribution in [0.5, 0.6) is 17.4 Å². The van der Waals surface area contributed by atoms with Crippen LogP contribution < -0.4 is 15.2 Å². The first-order chi connectivity index (χ1) is 9.69. The molecule has 3 aromatic rings. The minimum absolute atomic E-state index is 0.431. The van der Waals surface area contributed by atoms with Gasteiger partial charge in [-0.2, -0.15) is 0 Å². The molecule has 1 aromatic carbocycles. The van der Waals surface area contributed by atoms with Gasteiger partial charge >= 0.3 is 0 Å². The maximum absolute atomic E-state index is 5.94. The fourth-order valence-corrected chi connectivity index (χ4v) is 1.96. The smallest absolute Gasteiger partial charge is 0.247 e. The van der Waals surface area contributed by atoms with Gasteiger partial charge in [0.15, 0.2) is 11.3 Å². The molecule has 0 saturated carbocycles. The molecule has 6 heteroatoms. The van der Waals surface area contributed by atoms with Crippen LogP contribution in [0.25, 0.3) is 11.0 Å². The van der Waals surface area contributed by atoms with E-state index in [1.807, 2.05) is 17.7 Å². The molecule has 0 aliphatic rings. The van der Waals surface area contributed by atoms with Crippen LogP contribution >= 0.6 is 0 Å². The number of anilines is 1. The van der Waals surface area contributed by atoms with Gasteiger partial charge < -0.3 is 19.8 Å². The number of imidazole rings is 1. The molecular formula is C14H14N4O2. The van der Waals surface area contributed by atoms with Gasteiger partial charge in [0, 0.05) is 19.3 Å². The van der Waals surface area contributed by atoms with Crippen LogP contribution in [0.3, 0.4) is 0 Å². The number of ether oxygens (including phenoxy) is 2. The molecule has 2 aromatic heterocycles. The molecule has 0 atom stereocenters. The first kappa shape index (κ1) is 12.3. The van der Waals surface area contributed by atoms with Crippen molar-refractivity contribution in [3.63, 3.8) is 0 Å². The highest BCUT2D eigenvalue weighted by molar-refractivity contribution is 5.80. The predicted molar refractivity (Wildman–Crippen MR) is 76.0 cm³/mol. The summed E-state index contributed by atoms with van der Waals surface area (Å²) in [6.07, 6.45) is 3.40. The van der Waals surface area contributed by atoms with Crippen molar-refractivity contribution in [3.8, 4) is 17.4 Å². The van der Waals surface area contributed by atoms with E-state index in [0.29, 0.717) is 28.6 Å². The summed E-state index contributed by atoms with van der Waals surface area (Å²) in [5.74, 6) is 1.63. The summed E-state index contributed by atoms with van der Waals surface area (Å²) in [5, 5.41) is 0. The highest BCUT2D eigenvalue weighted by Gasteiger charge is 2.11. The number of rotatable bonds is 3. The number of pyridine rings is 1. The van der Waals surface area contributed by atoms with Crippen molar-refractivity contribution in [2.75, 3.05) is 12.8 Å². The van der Waals surface area contributed by atoms with Crippen LogP contribution in [0, 0.1) is 0 Å². The second kappa shape index (κ2) is 4.73. The van der Waals surface area contributed by atoms with E-state index in [-0.39, 0.29) is 0 Å². The van der Waals surface area contributed by atoms with Crippen molar-refractivity contribution in [2.24, 2.45) is 7.05 Å². The van der Waals surface area contributed by atoms with E-state index in [1.165, 1.54) is 0 Å². The van der Waals surface area contributed by atoms with E-state index in [0.717, 1.165) is 5.52 Å². The summed E-state index contributed by atoms with van der Waals surface area (Å²) in [5.41, 5.74) is 8.07. The molecule has 0 spiro atoms. The van der Waals surface area contributed by atoms with Crippen molar-refractivity contribution in [3.05, 3.63) is 36.8 Å². The molecule has 20 heavy (non-hydrogen) atoms. The fourth-order valence-electron chi connectivity index (χ4n) is 1.96. The maximum atomic E-state index is 5.94. The van der Waals surface area contributed by atoms with Gasteiger partial charge in [-0.3, -0.25) is 0 Å². The van der Waals surface area contributed by atoms with Crippen molar-refractivity contribution < 1.29 is 9.47 Å². The first-order valence-electron chi connectivity index (χ1n) is 6.06. The van der Waals surface area contributed by atoms with Crippen molar-refractivity contribution in [2.45, 2.75) is 0 Å². The molecule has 0 saturated heterocycles. The van der Waals surface area contributed by atoms with Crippen molar-refractivity contribution in [1.29, 1.82) is 0 Å². The Morgan fingerprint density at radius 3 is 2.80 bits per heavy atom. The van der Waals surface area contributed by atoms with E-state index in [9.17, 15) is 0 Å². The fraction of sp³-hybridized carbons (Fsp3) is 0.143. The number of nitrogens with two attached hydrogens (primary N) is 1. The van der Waals surface area contributed by atoms with E-state index in [1.54, 1.807) is 37.8 Å². The predicted octanol–water partition coefficient (Wildman–Crippen LogP) is 2.35. The van der Waals surface area contributed by atoms with Crippen LogP contribution in [0.15, 0.2) is 36.8 Å². The minimum atomic E-state index is 0.431. The topological polar surface area (TPSA) is 75.2 Å². The molecular weight excluding hydrogens is 256 g/mol. The Bertz CT molecular complexity index is 767. The number of nitrogens with zero attached hydrogens (tertiary/aromatic N) is 3. The average molecular weight is 270 g/mol. The zero-order valence-electron chi connectivity index (χ0n) is 11.2. The molecule has 0 aliphatic carbocycles. The molecule has 0 bridgehead atoms. The highest BCUT2D eigenvalue weighted by atomic mass is 16.5. The third kappa shape index (κ3) is 2.01. The van der Waals surface area contributed by atoms with Gasteiger partial charge in [-0.25, -0.2) is 9.97 Å². The van der Waals surface area contributed by atoms with Gasteiger partial charge in [-0.15, -0.1) is 0 Å². The summed E-state index contributed by atoms with van der Waals surface area (Å²) >= 11 is 0. The van der Waals surface area contributed by atoms with E-state index in [2.05, 4.69) is 9.97 Å². The Labute approximate surface area is 115 Å². The molecule has 102 valence electrons. The molecule has 2 N–H and O–H groups in total. The van der Waals surface area contributed by atoms with Gasteiger partial charge in [-0.1, -0.05) is 0 Å². The second-order valence-corrected chi connectivity index (χ2v) is 4.35. The van der Waals surface area contributed by atoms with Crippen molar-refractivity contribution in [1.82, 2.24) is 14.5 Å². The number of benzene rings is 1. The molecule has 0 unspecified atom stereocenters. The maximum Gasteiger partial charge on any atom is 0.247 e. The zero-order chi connectivity index (χ0) is 14.1. The van der Waals surface area contributed by atoms with Crippen LogP contribution in [-0.4, -0.2) is 21.6 Å². The first-order valence-corrected chi connectivity index (χ1v) is 6.06. The molecule has 0 aliphatic heterocycles. The normalized spacial score (nSPS) is 10.7. The third-order valence-electron chi connectivity index (χ3n) is 3.03. The molecule has 2 heterocycles. The average Bonchev–Trinajstić information content (AvgIpc) is 2.84. The van der Waals surface area contributed by atoms with Gasteiger partial charge in [0.1, 0.15) is 5.75 Å². The van der Waals surface area contributed by atoms with Gasteiger partial charge in [-0.05, 0) is 18.2 Å². The van der Waals surface area contributed by atoms with Gasteiger partial charge in [0.25, 0.3) is 0 Å².